The molecule has 0 bridgehead atoms. The number of H-pyrrole nitrogens is 1. The van der Waals surface area contributed by atoms with Crippen LogP contribution in [0.1, 0.15) is 0 Å². The largest absolute Gasteiger partial charge is 0.502 e. The van der Waals surface area contributed by atoms with E-state index in [1.165, 1.54) is 0 Å². The molecule has 8 heteroatoms. The number of nitrogens with one attached hydrogen (secondary N) is 1. The van der Waals surface area contributed by atoms with Crippen LogP contribution in [0.4, 0.5) is 5.69 Å². The number of hydrogen-bond donors (Lipinski definition) is 2. The number of aromatic nitrogens is 1. The zero-order valence-electron chi connectivity index (χ0n) is 9.18. The highest BCUT2D eigenvalue weighted by Crippen LogP contribution is 2.35. The zero-order chi connectivity index (χ0) is 14.2. The molecule has 2 rings (SSSR count). The van der Waals surface area contributed by atoms with Gasteiger partial charge in [-0.2, -0.15) is 0 Å². The van der Waals surface area contributed by atoms with E-state index in [9.17, 15) is 20.0 Å². The first-order chi connectivity index (χ1) is 8.91. The van der Waals surface area contributed by atoms with Gasteiger partial charge in [-0.25, -0.2) is 0 Å². The average molecular weight is 301 g/mol. The lowest BCUT2D eigenvalue weighted by molar-refractivity contribution is -0.387. The van der Waals surface area contributed by atoms with Crippen molar-refractivity contribution in [1.82, 2.24) is 4.98 Å². The van der Waals surface area contributed by atoms with Crippen molar-refractivity contribution in [2.24, 2.45) is 0 Å². The van der Waals surface area contributed by atoms with E-state index in [2.05, 4.69) is 4.98 Å². The summed E-state index contributed by atoms with van der Waals surface area (Å²) < 4.78 is 0. The number of aromatic amines is 1. The molecule has 1 heterocycles. The molecule has 0 radical (unpaired) electrons. The topological polar surface area (TPSA) is 96.2 Å². The molecule has 0 spiro atoms. The Morgan fingerprint density at radius 2 is 1.84 bits per heavy atom. The zero-order valence-corrected chi connectivity index (χ0v) is 10.7. The highest BCUT2D eigenvalue weighted by Gasteiger charge is 2.21. The molecule has 1 aromatic carbocycles. The third kappa shape index (κ3) is 2.40. The van der Waals surface area contributed by atoms with Crippen LogP contribution in [0, 0.1) is 10.1 Å². The molecule has 0 fully saturated rings. The lowest BCUT2D eigenvalue weighted by atomic mass is 10.1. The van der Waals surface area contributed by atoms with Gasteiger partial charge in [-0.3, -0.25) is 14.9 Å². The van der Waals surface area contributed by atoms with Crippen LogP contribution in [-0.2, 0) is 0 Å². The third-order valence-electron chi connectivity index (χ3n) is 2.40. The first kappa shape index (κ1) is 13.4. The van der Waals surface area contributed by atoms with Crippen LogP contribution < -0.4 is 5.56 Å². The van der Waals surface area contributed by atoms with Crippen LogP contribution in [-0.4, -0.2) is 15.0 Å². The highest BCUT2D eigenvalue weighted by atomic mass is 35.5. The van der Waals surface area contributed by atoms with Crippen LogP contribution in [0.25, 0.3) is 11.3 Å². The molecule has 0 saturated carbocycles. The van der Waals surface area contributed by atoms with E-state index in [1.807, 2.05) is 0 Å². The van der Waals surface area contributed by atoms with Crippen molar-refractivity contribution in [2.75, 3.05) is 0 Å². The van der Waals surface area contributed by atoms with E-state index < -0.39 is 21.9 Å². The second-order valence-electron chi connectivity index (χ2n) is 3.60. The maximum absolute atomic E-state index is 11.6. The van der Waals surface area contributed by atoms with E-state index in [0.717, 1.165) is 6.07 Å². The monoisotopic (exact) mass is 300 g/mol. The first-order valence-corrected chi connectivity index (χ1v) is 5.72. The number of halogens is 2. The Hall–Kier alpha value is -2.05. The quantitative estimate of drug-likeness (QED) is 0.658. The van der Waals surface area contributed by atoms with Crippen molar-refractivity contribution in [3.8, 4) is 17.0 Å². The van der Waals surface area contributed by atoms with E-state index in [1.54, 1.807) is 18.2 Å². The summed E-state index contributed by atoms with van der Waals surface area (Å²) in [6, 6.07) is 5.73. The number of pyridine rings is 1. The summed E-state index contributed by atoms with van der Waals surface area (Å²) in [6.45, 7) is 0. The predicted molar refractivity (Wildman–Crippen MR) is 70.8 cm³/mol. The molecule has 2 aromatic rings. The van der Waals surface area contributed by atoms with E-state index in [-0.39, 0.29) is 21.3 Å². The SMILES string of the molecule is O=c1[nH]c(-c2c(Cl)cccc2Cl)cc(O)c1[N+](=O)[O-]. The van der Waals surface area contributed by atoms with Crippen molar-refractivity contribution in [1.29, 1.82) is 0 Å². The van der Waals surface area contributed by atoms with Crippen LogP contribution >= 0.6 is 23.2 Å². The minimum Gasteiger partial charge on any atom is -0.502 e. The van der Waals surface area contributed by atoms with Gasteiger partial charge >= 0.3 is 11.2 Å². The molecule has 1 aromatic heterocycles. The lowest BCUT2D eigenvalue weighted by Crippen LogP contribution is -2.12. The van der Waals surface area contributed by atoms with Gasteiger partial charge in [0.05, 0.1) is 20.7 Å². The van der Waals surface area contributed by atoms with Crippen molar-refractivity contribution in [3.05, 3.63) is 54.8 Å². The molecule has 19 heavy (non-hydrogen) atoms. The van der Waals surface area contributed by atoms with Crippen LogP contribution in [0.3, 0.4) is 0 Å². The highest BCUT2D eigenvalue weighted by molar-refractivity contribution is 6.39. The van der Waals surface area contributed by atoms with Crippen LogP contribution in [0.2, 0.25) is 10.0 Å². The van der Waals surface area contributed by atoms with Gasteiger partial charge in [-0.15, -0.1) is 0 Å². The van der Waals surface area contributed by atoms with Crippen molar-refractivity contribution >= 4 is 28.9 Å². The molecule has 0 unspecified atom stereocenters. The third-order valence-corrected chi connectivity index (χ3v) is 3.03. The lowest BCUT2D eigenvalue weighted by Gasteiger charge is -2.07. The molecule has 0 saturated heterocycles. The fourth-order valence-corrected chi connectivity index (χ4v) is 2.21. The summed E-state index contributed by atoms with van der Waals surface area (Å²) in [5, 5.41) is 20.6. The van der Waals surface area contributed by atoms with Crippen molar-refractivity contribution in [3.63, 3.8) is 0 Å². The van der Waals surface area contributed by atoms with Crippen LogP contribution in [0.5, 0.6) is 5.75 Å². The standard InChI is InChI=1S/C11H6Cl2N2O4/c12-5-2-1-3-6(13)9(5)7-4-8(16)10(15(18)19)11(17)14-7/h1-4H,(H2,14,16,17). The molecule has 0 aliphatic heterocycles. The first-order valence-electron chi connectivity index (χ1n) is 4.97. The van der Waals surface area contributed by atoms with Gasteiger partial charge in [-0.05, 0) is 12.1 Å². The molecule has 2 N–H and O–H groups in total. The Balaban J connectivity index is 2.73. The number of nitrogens with zero attached hydrogens (tertiary/aromatic N) is 1. The maximum atomic E-state index is 11.6. The average Bonchev–Trinajstić information content (AvgIpc) is 2.26. The Morgan fingerprint density at radius 3 is 2.32 bits per heavy atom. The summed E-state index contributed by atoms with van der Waals surface area (Å²) in [5.41, 5.74) is -1.57. The minimum absolute atomic E-state index is 0.101. The van der Waals surface area contributed by atoms with E-state index in [0.29, 0.717) is 0 Å². The summed E-state index contributed by atoms with van der Waals surface area (Å²) in [6.07, 6.45) is 0. The molecule has 0 aliphatic carbocycles. The van der Waals surface area contributed by atoms with Gasteiger partial charge in [0, 0.05) is 11.6 Å². The maximum Gasteiger partial charge on any atom is 0.375 e. The van der Waals surface area contributed by atoms with Gasteiger partial charge in [0.1, 0.15) is 0 Å². The Labute approximate surface area is 116 Å². The van der Waals surface area contributed by atoms with E-state index >= 15 is 0 Å². The molecule has 0 amide bonds. The van der Waals surface area contributed by atoms with Gasteiger partial charge in [0.25, 0.3) is 0 Å². The second-order valence-corrected chi connectivity index (χ2v) is 4.41. The van der Waals surface area contributed by atoms with Gasteiger partial charge in [0.15, 0.2) is 0 Å². The fraction of sp³-hybridized carbons (Fsp3) is 0. The van der Waals surface area contributed by atoms with E-state index in [4.69, 9.17) is 23.2 Å². The molecular formula is C11H6Cl2N2O4. The van der Waals surface area contributed by atoms with Gasteiger partial charge in [0.2, 0.25) is 5.75 Å². The summed E-state index contributed by atoms with van der Waals surface area (Å²) in [7, 11) is 0. The number of aromatic hydroxyl groups is 1. The van der Waals surface area contributed by atoms with Crippen LogP contribution in [0.15, 0.2) is 29.1 Å². The number of hydrogen-bond acceptors (Lipinski definition) is 4. The van der Waals surface area contributed by atoms with Gasteiger partial charge in [-0.1, -0.05) is 29.3 Å². The molecule has 0 aliphatic rings. The summed E-state index contributed by atoms with van der Waals surface area (Å²) in [4.78, 5) is 23.5. The van der Waals surface area contributed by atoms with Crippen molar-refractivity contribution in [2.45, 2.75) is 0 Å². The number of benzene rings is 1. The molecule has 6 nitrogen and oxygen atoms in total. The smallest absolute Gasteiger partial charge is 0.375 e. The molecule has 98 valence electrons. The number of nitro groups is 1. The Kier molecular flexibility index (Phi) is 3.46. The predicted octanol–water partition coefficient (Wildman–Crippen LogP) is 2.96. The normalized spacial score (nSPS) is 10.4. The second kappa shape index (κ2) is 4.91. The molecular weight excluding hydrogens is 295 g/mol. The van der Waals surface area contributed by atoms with Crippen molar-refractivity contribution < 1.29 is 10.0 Å². The van der Waals surface area contributed by atoms with Gasteiger partial charge < -0.3 is 10.1 Å². The Morgan fingerprint density at radius 1 is 1.26 bits per heavy atom. The number of rotatable bonds is 2. The summed E-state index contributed by atoms with van der Waals surface area (Å²) in [5.74, 6) is -0.750. The summed E-state index contributed by atoms with van der Waals surface area (Å²) >= 11 is 11.9. The molecule has 0 atom stereocenters. The Bertz CT molecular complexity index is 707. The minimum atomic E-state index is -1.03. The fourth-order valence-electron chi connectivity index (χ4n) is 1.61.